The number of halogens is 1. The molecule has 23 heavy (non-hydrogen) atoms. The number of ether oxygens (including phenoxy) is 1. The zero-order valence-electron chi connectivity index (χ0n) is 12.2. The van der Waals surface area contributed by atoms with Gasteiger partial charge in [-0.05, 0) is 48.0 Å². The first-order chi connectivity index (χ1) is 10.9. The first-order valence-electron chi connectivity index (χ1n) is 6.55. The van der Waals surface area contributed by atoms with E-state index in [0.717, 1.165) is 30.3 Å². The molecule has 0 atom stereocenters. The summed E-state index contributed by atoms with van der Waals surface area (Å²) >= 11 is 0. The number of hydrogen-bond donors (Lipinski definition) is 1. The van der Waals surface area contributed by atoms with Crippen molar-refractivity contribution in [2.45, 2.75) is 4.90 Å². The van der Waals surface area contributed by atoms with Crippen molar-refractivity contribution in [2.75, 3.05) is 7.11 Å². The third kappa shape index (κ3) is 4.65. The number of rotatable bonds is 5. The molecule has 2 aromatic carbocycles. The van der Waals surface area contributed by atoms with Crippen LogP contribution in [0.3, 0.4) is 0 Å². The molecule has 0 aliphatic carbocycles. The molecule has 1 N–H and O–H groups in total. The van der Waals surface area contributed by atoms with Crippen molar-refractivity contribution in [3.8, 4) is 5.75 Å². The highest BCUT2D eigenvalue weighted by Gasteiger charge is 2.15. The summed E-state index contributed by atoms with van der Waals surface area (Å²) in [5, 5.41) is 0. The molecule has 7 heteroatoms. The minimum atomic E-state index is -4.03. The molecule has 0 fully saturated rings. The van der Waals surface area contributed by atoms with Crippen molar-refractivity contribution in [1.29, 1.82) is 0 Å². The predicted octanol–water partition coefficient (Wildman–Crippen LogP) is 2.35. The van der Waals surface area contributed by atoms with Crippen molar-refractivity contribution in [1.82, 2.24) is 4.72 Å². The van der Waals surface area contributed by atoms with Crippen LogP contribution in [0.4, 0.5) is 4.39 Å². The van der Waals surface area contributed by atoms with E-state index in [2.05, 4.69) is 0 Å². The lowest BCUT2D eigenvalue weighted by molar-refractivity contribution is -0.114. The molecule has 2 rings (SSSR count). The van der Waals surface area contributed by atoms with E-state index < -0.39 is 21.7 Å². The van der Waals surface area contributed by atoms with Gasteiger partial charge in [0.25, 0.3) is 15.9 Å². The number of amides is 1. The Morgan fingerprint density at radius 1 is 1.09 bits per heavy atom. The number of carbonyl (C=O) groups excluding carboxylic acids is 1. The van der Waals surface area contributed by atoms with Crippen LogP contribution in [0.2, 0.25) is 0 Å². The van der Waals surface area contributed by atoms with Gasteiger partial charge in [-0.15, -0.1) is 0 Å². The zero-order chi connectivity index (χ0) is 16.9. The van der Waals surface area contributed by atoms with Gasteiger partial charge in [-0.2, -0.15) is 0 Å². The van der Waals surface area contributed by atoms with Crippen molar-refractivity contribution >= 4 is 22.0 Å². The fourth-order valence-electron chi connectivity index (χ4n) is 1.73. The molecule has 5 nitrogen and oxygen atoms in total. The van der Waals surface area contributed by atoms with Crippen molar-refractivity contribution in [3.05, 3.63) is 66.0 Å². The summed E-state index contributed by atoms with van der Waals surface area (Å²) in [4.78, 5) is 11.5. The van der Waals surface area contributed by atoms with E-state index in [1.54, 1.807) is 31.4 Å². The highest BCUT2D eigenvalue weighted by atomic mass is 32.2. The van der Waals surface area contributed by atoms with Gasteiger partial charge in [-0.3, -0.25) is 4.79 Å². The van der Waals surface area contributed by atoms with Gasteiger partial charge in [0, 0.05) is 6.08 Å². The van der Waals surface area contributed by atoms with Gasteiger partial charge in [-0.25, -0.2) is 17.5 Å². The van der Waals surface area contributed by atoms with E-state index in [4.69, 9.17) is 4.74 Å². The van der Waals surface area contributed by atoms with Crippen LogP contribution in [0.5, 0.6) is 5.75 Å². The SMILES string of the molecule is COc1ccc(/C=C/C(=O)NS(=O)(=O)c2ccc(F)cc2)cc1. The summed E-state index contributed by atoms with van der Waals surface area (Å²) in [6.07, 6.45) is 2.57. The van der Waals surface area contributed by atoms with Crippen LogP contribution < -0.4 is 9.46 Å². The first-order valence-corrected chi connectivity index (χ1v) is 8.03. The predicted molar refractivity (Wildman–Crippen MR) is 83.8 cm³/mol. The van der Waals surface area contributed by atoms with Crippen LogP contribution in [-0.4, -0.2) is 21.4 Å². The summed E-state index contributed by atoms with van der Waals surface area (Å²) in [5.74, 6) is -0.690. The third-order valence-electron chi connectivity index (χ3n) is 2.90. The lowest BCUT2D eigenvalue weighted by Crippen LogP contribution is -2.28. The standard InChI is InChI=1S/C16H14FNO4S/c1-22-14-7-2-12(3-8-14)4-11-16(19)18-23(20,21)15-9-5-13(17)6-10-15/h2-11H,1H3,(H,18,19)/b11-4+. The molecule has 0 heterocycles. The Morgan fingerprint density at radius 2 is 1.70 bits per heavy atom. The molecular formula is C16H14FNO4S. The summed E-state index contributed by atoms with van der Waals surface area (Å²) in [7, 11) is -2.49. The number of carbonyl (C=O) groups is 1. The van der Waals surface area contributed by atoms with E-state index in [0.29, 0.717) is 11.3 Å². The number of benzene rings is 2. The van der Waals surface area contributed by atoms with E-state index in [-0.39, 0.29) is 4.90 Å². The van der Waals surface area contributed by atoms with E-state index in [1.807, 2.05) is 4.72 Å². The molecule has 0 bridgehead atoms. The lowest BCUT2D eigenvalue weighted by atomic mass is 10.2. The highest BCUT2D eigenvalue weighted by molar-refractivity contribution is 7.90. The Bertz CT molecular complexity index is 812. The fraction of sp³-hybridized carbons (Fsp3) is 0.0625. The fourth-order valence-corrected chi connectivity index (χ4v) is 2.67. The molecule has 0 aliphatic heterocycles. The molecule has 0 saturated heterocycles. The quantitative estimate of drug-likeness (QED) is 0.852. The Morgan fingerprint density at radius 3 is 2.26 bits per heavy atom. The Labute approximate surface area is 133 Å². The zero-order valence-corrected chi connectivity index (χ0v) is 13.0. The maximum Gasteiger partial charge on any atom is 0.264 e. The topological polar surface area (TPSA) is 72.5 Å². The normalized spacial score (nSPS) is 11.4. The molecule has 0 aromatic heterocycles. The maximum absolute atomic E-state index is 12.8. The first kappa shape index (κ1) is 16.7. The second-order valence-corrected chi connectivity index (χ2v) is 6.21. The van der Waals surface area contributed by atoms with Gasteiger partial charge in [0.1, 0.15) is 11.6 Å². The molecule has 120 valence electrons. The van der Waals surface area contributed by atoms with Gasteiger partial charge < -0.3 is 4.74 Å². The van der Waals surface area contributed by atoms with Crippen molar-refractivity contribution in [3.63, 3.8) is 0 Å². The van der Waals surface area contributed by atoms with Gasteiger partial charge in [0.15, 0.2) is 0 Å². The lowest BCUT2D eigenvalue weighted by Gasteiger charge is -2.04. The second kappa shape index (κ2) is 7.06. The summed E-state index contributed by atoms with van der Waals surface area (Å²) < 4.78 is 43.6. The molecule has 0 radical (unpaired) electrons. The van der Waals surface area contributed by atoms with Gasteiger partial charge >= 0.3 is 0 Å². The largest absolute Gasteiger partial charge is 0.497 e. The second-order valence-electron chi connectivity index (χ2n) is 4.53. The van der Waals surface area contributed by atoms with Crippen LogP contribution in [0, 0.1) is 5.82 Å². The molecular weight excluding hydrogens is 321 g/mol. The molecule has 2 aromatic rings. The van der Waals surface area contributed by atoms with E-state index in [1.165, 1.54) is 6.08 Å². The van der Waals surface area contributed by atoms with Crippen LogP contribution in [0.25, 0.3) is 6.08 Å². The Balaban J connectivity index is 2.05. The summed E-state index contributed by atoms with van der Waals surface area (Å²) in [6, 6.07) is 11.0. The number of hydrogen-bond acceptors (Lipinski definition) is 4. The average Bonchev–Trinajstić information content (AvgIpc) is 2.53. The number of sulfonamides is 1. The van der Waals surface area contributed by atoms with Crippen LogP contribution >= 0.6 is 0 Å². The van der Waals surface area contributed by atoms with E-state index >= 15 is 0 Å². The van der Waals surface area contributed by atoms with Gasteiger partial charge in [0.05, 0.1) is 12.0 Å². The minimum Gasteiger partial charge on any atom is -0.497 e. The highest BCUT2D eigenvalue weighted by Crippen LogP contribution is 2.12. The molecule has 0 spiro atoms. The summed E-state index contributed by atoms with van der Waals surface area (Å²) in [6.45, 7) is 0. The van der Waals surface area contributed by atoms with Crippen molar-refractivity contribution in [2.24, 2.45) is 0 Å². The van der Waals surface area contributed by atoms with Crippen LogP contribution in [0.15, 0.2) is 59.5 Å². The Kier molecular flexibility index (Phi) is 5.13. The maximum atomic E-state index is 12.8. The Hall–Kier alpha value is -2.67. The number of nitrogens with one attached hydrogen (secondary N) is 1. The van der Waals surface area contributed by atoms with Gasteiger partial charge in [0.2, 0.25) is 0 Å². The average molecular weight is 335 g/mol. The van der Waals surface area contributed by atoms with Crippen LogP contribution in [-0.2, 0) is 14.8 Å². The van der Waals surface area contributed by atoms with Crippen LogP contribution in [0.1, 0.15) is 5.56 Å². The van der Waals surface area contributed by atoms with E-state index in [9.17, 15) is 17.6 Å². The molecule has 0 aliphatic rings. The molecule has 1 amide bonds. The summed E-state index contributed by atoms with van der Waals surface area (Å²) in [5.41, 5.74) is 0.708. The molecule has 0 saturated carbocycles. The smallest absolute Gasteiger partial charge is 0.264 e. The molecule has 0 unspecified atom stereocenters. The number of methoxy groups -OCH3 is 1. The van der Waals surface area contributed by atoms with Gasteiger partial charge in [-0.1, -0.05) is 12.1 Å². The minimum absolute atomic E-state index is 0.190. The monoisotopic (exact) mass is 335 g/mol. The third-order valence-corrected chi connectivity index (χ3v) is 4.26. The van der Waals surface area contributed by atoms with Crippen molar-refractivity contribution < 1.29 is 22.3 Å².